The zero-order valence-electron chi connectivity index (χ0n) is 11.6. The fourth-order valence-corrected chi connectivity index (χ4v) is 2.53. The van der Waals surface area contributed by atoms with Crippen molar-refractivity contribution in [2.75, 3.05) is 19.6 Å². The summed E-state index contributed by atoms with van der Waals surface area (Å²) in [4.78, 5) is 14.4. The molecular weight excluding hydrogens is 214 g/mol. The van der Waals surface area contributed by atoms with E-state index in [0.717, 1.165) is 25.9 Å². The Bertz CT molecular complexity index is 263. The van der Waals surface area contributed by atoms with Gasteiger partial charge in [0.05, 0.1) is 6.04 Å². The van der Waals surface area contributed by atoms with Crippen molar-refractivity contribution in [2.45, 2.75) is 52.1 Å². The average Bonchev–Trinajstić information content (AvgIpc) is 2.30. The second-order valence-electron chi connectivity index (χ2n) is 5.99. The highest BCUT2D eigenvalue weighted by Gasteiger charge is 2.38. The summed E-state index contributed by atoms with van der Waals surface area (Å²) < 4.78 is 0. The molecule has 0 spiro atoms. The number of hydrogen-bond acceptors (Lipinski definition) is 3. The van der Waals surface area contributed by atoms with Gasteiger partial charge in [-0.3, -0.25) is 9.69 Å². The SMILES string of the molecule is CC(C)CN1C(CCN)C(=O)NCCC1(C)C. The van der Waals surface area contributed by atoms with E-state index >= 15 is 0 Å². The maximum absolute atomic E-state index is 12.1. The van der Waals surface area contributed by atoms with Gasteiger partial charge in [0.2, 0.25) is 5.91 Å². The van der Waals surface area contributed by atoms with Crippen molar-refractivity contribution >= 4 is 5.91 Å². The van der Waals surface area contributed by atoms with E-state index in [9.17, 15) is 4.79 Å². The Morgan fingerprint density at radius 1 is 1.53 bits per heavy atom. The van der Waals surface area contributed by atoms with Crippen LogP contribution < -0.4 is 11.1 Å². The van der Waals surface area contributed by atoms with Gasteiger partial charge in [-0.1, -0.05) is 13.8 Å². The number of carbonyl (C=O) groups is 1. The van der Waals surface area contributed by atoms with Crippen LogP contribution in [0.2, 0.25) is 0 Å². The molecule has 4 nitrogen and oxygen atoms in total. The molecule has 100 valence electrons. The van der Waals surface area contributed by atoms with Crippen molar-refractivity contribution in [2.24, 2.45) is 11.7 Å². The molecule has 0 aliphatic carbocycles. The Balaban J connectivity index is 2.93. The number of hydrogen-bond donors (Lipinski definition) is 2. The third kappa shape index (κ3) is 3.68. The molecule has 1 heterocycles. The Labute approximate surface area is 105 Å². The molecule has 1 atom stereocenters. The van der Waals surface area contributed by atoms with Crippen LogP contribution in [0.3, 0.4) is 0 Å². The predicted molar refractivity (Wildman–Crippen MR) is 70.7 cm³/mol. The molecule has 0 aromatic carbocycles. The lowest BCUT2D eigenvalue weighted by Crippen LogP contribution is -2.54. The maximum Gasteiger partial charge on any atom is 0.237 e. The summed E-state index contributed by atoms with van der Waals surface area (Å²) >= 11 is 0. The van der Waals surface area contributed by atoms with Crippen LogP contribution in [0.15, 0.2) is 0 Å². The first-order chi connectivity index (χ1) is 7.88. The van der Waals surface area contributed by atoms with Gasteiger partial charge in [0.25, 0.3) is 0 Å². The van der Waals surface area contributed by atoms with E-state index in [1.165, 1.54) is 0 Å². The van der Waals surface area contributed by atoms with Crippen LogP contribution in [0, 0.1) is 5.92 Å². The molecular formula is C13H27N3O. The quantitative estimate of drug-likeness (QED) is 0.771. The van der Waals surface area contributed by atoms with E-state index in [1.807, 2.05) is 0 Å². The normalized spacial score (nSPS) is 25.8. The van der Waals surface area contributed by atoms with E-state index < -0.39 is 0 Å². The van der Waals surface area contributed by atoms with Gasteiger partial charge in [0.1, 0.15) is 0 Å². The number of nitrogens with two attached hydrogens (primary N) is 1. The highest BCUT2D eigenvalue weighted by atomic mass is 16.2. The zero-order chi connectivity index (χ0) is 13.1. The summed E-state index contributed by atoms with van der Waals surface area (Å²) in [6.45, 7) is 11.1. The van der Waals surface area contributed by atoms with Crippen molar-refractivity contribution in [3.63, 3.8) is 0 Å². The van der Waals surface area contributed by atoms with Crippen molar-refractivity contribution < 1.29 is 4.79 Å². The largest absolute Gasteiger partial charge is 0.355 e. The van der Waals surface area contributed by atoms with Gasteiger partial charge in [-0.25, -0.2) is 0 Å². The summed E-state index contributed by atoms with van der Waals surface area (Å²) in [6, 6.07) is -0.0695. The molecule has 0 aromatic heterocycles. The van der Waals surface area contributed by atoms with Crippen molar-refractivity contribution in [3.05, 3.63) is 0 Å². The Hall–Kier alpha value is -0.610. The second kappa shape index (κ2) is 5.83. The average molecular weight is 241 g/mol. The highest BCUT2D eigenvalue weighted by Crippen LogP contribution is 2.26. The number of amides is 1. The standard InChI is InChI=1S/C13H27N3O/c1-10(2)9-16-11(5-7-14)12(17)15-8-6-13(16,3)4/h10-11H,5-9,14H2,1-4H3,(H,15,17). The summed E-state index contributed by atoms with van der Waals surface area (Å²) in [6.07, 6.45) is 1.73. The first-order valence-electron chi connectivity index (χ1n) is 6.63. The minimum Gasteiger partial charge on any atom is -0.355 e. The minimum atomic E-state index is -0.0695. The van der Waals surface area contributed by atoms with Crippen LogP contribution in [0.1, 0.15) is 40.5 Å². The first-order valence-corrected chi connectivity index (χ1v) is 6.63. The third-order valence-electron chi connectivity index (χ3n) is 3.49. The molecule has 0 radical (unpaired) electrons. The summed E-state index contributed by atoms with van der Waals surface area (Å²) in [7, 11) is 0. The molecule has 1 aliphatic heterocycles. The zero-order valence-corrected chi connectivity index (χ0v) is 11.6. The van der Waals surface area contributed by atoms with Crippen LogP contribution in [0.4, 0.5) is 0 Å². The summed E-state index contributed by atoms with van der Waals surface area (Å²) in [5, 5.41) is 3.00. The van der Waals surface area contributed by atoms with Crippen LogP contribution >= 0.6 is 0 Å². The number of carbonyl (C=O) groups excluding carboxylic acids is 1. The molecule has 1 fully saturated rings. The number of nitrogens with one attached hydrogen (secondary N) is 1. The van der Waals surface area contributed by atoms with Gasteiger partial charge in [0, 0.05) is 18.6 Å². The Morgan fingerprint density at radius 2 is 2.18 bits per heavy atom. The van der Waals surface area contributed by atoms with Gasteiger partial charge in [-0.2, -0.15) is 0 Å². The maximum atomic E-state index is 12.1. The molecule has 3 N–H and O–H groups in total. The number of nitrogens with zero attached hydrogens (tertiary/aromatic N) is 1. The van der Waals surface area contributed by atoms with Crippen molar-refractivity contribution in [1.82, 2.24) is 10.2 Å². The third-order valence-corrected chi connectivity index (χ3v) is 3.49. The van der Waals surface area contributed by atoms with Gasteiger partial charge in [-0.05, 0) is 39.2 Å². The van der Waals surface area contributed by atoms with Gasteiger partial charge < -0.3 is 11.1 Å². The fourth-order valence-electron chi connectivity index (χ4n) is 2.53. The summed E-state index contributed by atoms with van der Waals surface area (Å²) in [5.41, 5.74) is 5.71. The number of rotatable bonds is 4. The topological polar surface area (TPSA) is 58.4 Å². The van der Waals surface area contributed by atoms with Gasteiger partial charge in [0.15, 0.2) is 0 Å². The fraction of sp³-hybridized carbons (Fsp3) is 0.923. The molecule has 1 aliphatic rings. The smallest absolute Gasteiger partial charge is 0.237 e. The molecule has 1 unspecified atom stereocenters. The van der Waals surface area contributed by atoms with Gasteiger partial charge >= 0.3 is 0 Å². The molecule has 1 saturated heterocycles. The van der Waals surface area contributed by atoms with Crippen LogP contribution in [-0.4, -0.2) is 42.0 Å². The molecule has 4 heteroatoms. The van der Waals surface area contributed by atoms with Crippen LogP contribution in [-0.2, 0) is 4.79 Å². The van der Waals surface area contributed by atoms with Crippen molar-refractivity contribution in [3.8, 4) is 0 Å². The lowest BCUT2D eigenvalue weighted by molar-refractivity contribution is -0.127. The van der Waals surface area contributed by atoms with E-state index in [1.54, 1.807) is 0 Å². The van der Waals surface area contributed by atoms with E-state index in [2.05, 4.69) is 37.9 Å². The van der Waals surface area contributed by atoms with Gasteiger partial charge in [-0.15, -0.1) is 0 Å². The predicted octanol–water partition coefficient (Wildman–Crippen LogP) is 0.960. The molecule has 1 rings (SSSR count). The first kappa shape index (κ1) is 14.5. The molecule has 1 amide bonds. The Kier molecular flexibility index (Phi) is 4.95. The molecule has 17 heavy (non-hydrogen) atoms. The van der Waals surface area contributed by atoms with Crippen LogP contribution in [0.25, 0.3) is 0 Å². The van der Waals surface area contributed by atoms with E-state index in [4.69, 9.17) is 5.73 Å². The molecule has 0 aromatic rings. The van der Waals surface area contributed by atoms with Crippen LogP contribution in [0.5, 0.6) is 0 Å². The molecule has 0 bridgehead atoms. The monoisotopic (exact) mass is 241 g/mol. The van der Waals surface area contributed by atoms with E-state index in [0.29, 0.717) is 12.5 Å². The van der Waals surface area contributed by atoms with E-state index in [-0.39, 0.29) is 17.5 Å². The Morgan fingerprint density at radius 3 is 2.71 bits per heavy atom. The lowest BCUT2D eigenvalue weighted by atomic mass is 9.94. The lowest BCUT2D eigenvalue weighted by Gasteiger charge is -2.42. The molecule has 0 saturated carbocycles. The summed E-state index contributed by atoms with van der Waals surface area (Å²) in [5.74, 6) is 0.696. The second-order valence-corrected chi connectivity index (χ2v) is 5.99. The highest BCUT2D eigenvalue weighted by molar-refractivity contribution is 5.82. The van der Waals surface area contributed by atoms with Crippen molar-refractivity contribution in [1.29, 1.82) is 0 Å². The minimum absolute atomic E-state index is 0.0588.